The fourth-order valence-electron chi connectivity index (χ4n) is 2.68. The van der Waals surface area contributed by atoms with Crippen LogP contribution in [0.15, 0.2) is 6.20 Å². The molecule has 108 valence electrons. The van der Waals surface area contributed by atoms with Crippen LogP contribution in [0.3, 0.4) is 0 Å². The average Bonchev–Trinajstić information content (AvgIpc) is 2.57. The molecule has 1 aliphatic carbocycles. The van der Waals surface area contributed by atoms with Crippen molar-refractivity contribution in [3.05, 3.63) is 17.5 Å². The molecule has 0 N–H and O–H groups in total. The van der Waals surface area contributed by atoms with Gasteiger partial charge in [-0.2, -0.15) is 13.5 Å². The molecule has 0 unspecified atom stereocenters. The van der Waals surface area contributed by atoms with Gasteiger partial charge in [-0.25, -0.2) is 0 Å². The van der Waals surface area contributed by atoms with Crippen molar-refractivity contribution in [2.24, 2.45) is 5.41 Å². The first-order chi connectivity index (χ1) is 8.66. The van der Waals surface area contributed by atoms with Crippen LogP contribution in [-0.2, 0) is 16.0 Å². The van der Waals surface area contributed by atoms with Gasteiger partial charge in [-0.1, -0.05) is 13.8 Å². The van der Waals surface area contributed by atoms with E-state index in [1.807, 2.05) is 4.68 Å². The Labute approximate surface area is 114 Å². The van der Waals surface area contributed by atoms with E-state index in [2.05, 4.69) is 18.9 Å². The summed E-state index contributed by atoms with van der Waals surface area (Å²) in [6.07, 6.45) is 6.03. The molecule has 1 fully saturated rings. The summed E-state index contributed by atoms with van der Waals surface area (Å²) < 4.78 is 36.0. The summed E-state index contributed by atoms with van der Waals surface area (Å²) >= 11 is 0. The van der Waals surface area contributed by atoms with Crippen molar-refractivity contribution in [3.63, 3.8) is 0 Å². The molecule has 1 heterocycles. The molecule has 4 nitrogen and oxygen atoms in total. The molecule has 1 aliphatic rings. The van der Waals surface area contributed by atoms with Crippen molar-refractivity contribution >= 4 is 10.2 Å². The Kier molecular flexibility index (Phi) is 3.73. The molecule has 0 saturated heterocycles. The van der Waals surface area contributed by atoms with Crippen LogP contribution in [0.1, 0.15) is 56.8 Å². The van der Waals surface area contributed by atoms with Gasteiger partial charge in [0.05, 0.1) is 11.7 Å². The summed E-state index contributed by atoms with van der Waals surface area (Å²) in [6, 6.07) is 0.308. The number of halogens is 1. The Hall–Kier alpha value is -0.910. The number of nitrogens with zero attached hydrogens (tertiary/aromatic N) is 2. The Morgan fingerprint density at radius 3 is 2.53 bits per heavy atom. The first-order valence-corrected chi connectivity index (χ1v) is 8.18. The van der Waals surface area contributed by atoms with Gasteiger partial charge in [0.2, 0.25) is 0 Å². The molecule has 0 radical (unpaired) electrons. The smallest absolute Gasteiger partial charge is 0.269 e. The lowest BCUT2D eigenvalue weighted by atomic mass is 9.76. The maximum Gasteiger partial charge on any atom is 0.306 e. The normalized spacial score (nSPS) is 20.6. The third kappa shape index (κ3) is 3.78. The lowest BCUT2D eigenvalue weighted by molar-refractivity contribution is 0.186. The second-order valence-corrected chi connectivity index (χ2v) is 7.66. The molecule has 0 aliphatic heterocycles. The van der Waals surface area contributed by atoms with Gasteiger partial charge in [0.25, 0.3) is 0 Å². The third-order valence-corrected chi connectivity index (χ3v) is 4.68. The number of aryl methyl sites for hydroxylation is 1. The monoisotopic (exact) mass is 288 g/mol. The highest BCUT2D eigenvalue weighted by Gasteiger charge is 2.28. The van der Waals surface area contributed by atoms with Crippen LogP contribution in [0.2, 0.25) is 0 Å². The summed E-state index contributed by atoms with van der Waals surface area (Å²) in [6.45, 7) is 6.25. The largest absolute Gasteiger partial charge is 0.306 e. The molecule has 19 heavy (non-hydrogen) atoms. The van der Waals surface area contributed by atoms with Crippen LogP contribution in [0, 0.1) is 12.3 Å². The first-order valence-electron chi connectivity index (χ1n) is 6.63. The van der Waals surface area contributed by atoms with Gasteiger partial charge in [-0.3, -0.25) is 4.68 Å². The van der Waals surface area contributed by atoms with E-state index in [0.717, 1.165) is 25.7 Å². The van der Waals surface area contributed by atoms with Crippen LogP contribution in [0.4, 0.5) is 3.89 Å². The van der Waals surface area contributed by atoms with Crippen molar-refractivity contribution in [3.8, 4) is 0 Å². The molecule has 1 aromatic heterocycles. The predicted octanol–water partition coefficient (Wildman–Crippen LogP) is 3.13. The lowest BCUT2D eigenvalue weighted by Gasteiger charge is -2.34. The van der Waals surface area contributed by atoms with E-state index in [-0.39, 0.29) is 0 Å². The van der Waals surface area contributed by atoms with Gasteiger partial charge in [-0.05, 0) is 38.0 Å². The number of aromatic nitrogens is 2. The predicted molar refractivity (Wildman–Crippen MR) is 72.0 cm³/mol. The molecule has 2 rings (SSSR count). The molecule has 0 bridgehead atoms. The quantitative estimate of drug-likeness (QED) is 0.803. The Morgan fingerprint density at radius 1 is 1.42 bits per heavy atom. The van der Waals surface area contributed by atoms with Crippen LogP contribution in [0.25, 0.3) is 0 Å². The second-order valence-electron chi connectivity index (χ2n) is 6.30. The summed E-state index contributed by atoms with van der Waals surface area (Å²) in [5.74, 6) is -0.572. The molecule has 1 saturated carbocycles. The minimum Gasteiger partial charge on any atom is -0.269 e. The molecule has 1 aromatic rings. The molecule has 0 atom stereocenters. The average molecular weight is 288 g/mol. The van der Waals surface area contributed by atoms with E-state index in [4.69, 9.17) is 0 Å². The Morgan fingerprint density at radius 2 is 2.00 bits per heavy atom. The van der Waals surface area contributed by atoms with E-state index in [0.29, 0.717) is 22.7 Å². The standard InChI is InChI=1S/C13H21FN2O2S/c1-10-11(9-19(14,17)18)8-16(15-10)12-4-6-13(2,3)7-5-12/h8,12H,4-7,9H2,1-3H3. The van der Waals surface area contributed by atoms with Crippen LogP contribution in [-0.4, -0.2) is 18.2 Å². The van der Waals surface area contributed by atoms with E-state index in [1.54, 1.807) is 13.1 Å². The topological polar surface area (TPSA) is 52.0 Å². The fraction of sp³-hybridized carbons (Fsp3) is 0.769. The molecule has 0 spiro atoms. The summed E-state index contributed by atoms with van der Waals surface area (Å²) in [4.78, 5) is 0. The molecule has 0 aromatic carbocycles. The van der Waals surface area contributed by atoms with Gasteiger partial charge in [0.15, 0.2) is 0 Å². The maximum absolute atomic E-state index is 12.7. The van der Waals surface area contributed by atoms with Crippen molar-refractivity contribution < 1.29 is 12.3 Å². The van der Waals surface area contributed by atoms with E-state index < -0.39 is 16.0 Å². The van der Waals surface area contributed by atoms with Crippen molar-refractivity contribution in [1.29, 1.82) is 0 Å². The Bertz CT molecular complexity index is 553. The van der Waals surface area contributed by atoms with E-state index >= 15 is 0 Å². The lowest BCUT2D eigenvalue weighted by Crippen LogP contribution is -2.23. The van der Waals surface area contributed by atoms with Crippen molar-refractivity contribution in [2.45, 2.75) is 58.2 Å². The molecular weight excluding hydrogens is 267 g/mol. The van der Waals surface area contributed by atoms with E-state index in [1.165, 1.54) is 0 Å². The van der Waals surface area contributed by atoms with Gasteiger partial charge < -0.3 is 0 Å². The summed E-state index contributed by atoms with van der Waals surface area (Å²) in [7, 11) is -4.49. The van der Waals surface area contributed by atoms with Crippen LogP contribution >= 0.6 is 0 Å². The zero-order valence-electron chi connectivity index (χ0n) is 11.7. The highest BCUT2D eigenvalue weighted by molar-refractivity contribution is 7.85. The van der Waals surface area contributed by atoms with Gasteiger partial charge >= 0.3 is 10.2 Å². The second kappa shape index (κ2) is 4.89. The zero-order chi connectivity index (χ0) is 14.3. The molecular formula is C13H21FN2O2S. The minimum atomic E-state index is -4.49. The van der Waals surface area contributed by atoms with Crippen LogP contribution < -0.4 is 0 Å². The number of rotatable bonds is 3. The molecule has 0 amide bonds. The number of hydrogen-bond acceptors (Lipinski definition) is 3. The van der Waals surface area contributed by atoms with Crippen molar-refractivity contribution in [2.75, 3.05) is 0 Å². The first kappa shape index (κ1) is 14.5. The van der Waals surface area contributed by atoms with Crippen LogP contribution in [0.5, 0.6) is 0 Å². The van der Waals surface area contributed by atoms with Gasteiger partial charge in [-0.15, -0.1) is 3.89 Å². The highest BCUT2D eigenvalue weighted by Crippen LogP contribution is 2.40. The zero-order valence-corrected chi connectivity index (χ0v) is 12.5. The SMILES string of the molecule is Cc1nn(C2CCC(C)(C)CC2)cc1CS(=O)(=O)F. The summed E-state index contributed by atoms with van der Waals surface area (Å²) in [5.41, 5.74) is 1.45. The summed E-state index contributed by atoms with van der Waals surface area (Å²) in [5, 5.41) is 4.35. The fourth-order valence-corrected chi connectivity index (χ4v) is 3.34. The third-order valence-electron chi connectivity index (χ3n) is 4.03. The maximum atomic E-state index is 12.7. The molecule has 6 heteroatoms. The number of hydrogen-bond donors (Lipinski definition) is 0. The Balaban J connectivity index is 2.13. The highest BCUT2D eigenvalue weighted by atomic mass is 32.3. The van der Waals surface area contributed by atoms with Crippen molar-refractivity contribution in [1.82, 2.24) is 9.78 Å². The van der Waals surface area contributed by atoms with Gasteiger partial charge in [0.1, 0.15) is 5.75 Å². The van der Waals surface area contributed by atoms with E-state index in [9.17, 15) is 12.3 Å². The van der Waals surface area contributed by atoms with Gasteiger partial charge in [0, 0.05) is 11.8 Å². The minimum absolute atomic E-state index is 0.308.